The van der Waals surface area contributed by atoms with E-state index in [-0.39, 0.29) is 22.7 Å². The minimum absolute atomic E-state index is 0.181. The van der Waals surface area contributed by atoms with E-state index in [1.807, 2.05) is 0 Å². The number of rotatable bonds is 2. The van der Waals surface area contributed by atoms with Crippen LogP contribution in [0.1, 0.15) is 27.8 Å². The Morgan fingerprint density at radius 3 is 2.62 bits per heavy atom. The molecule has 0 radical (unpaired) electrons. The number of anilines is 1. The van der Waals surface area contributed by atoms with Crippen LogP contribution in [0.15, 0.2) is 12.3 Å². The highest BCUT2D eigenvalue weighted by Crippen LogP contribution is 2.11. The zero-order valence-corrected chi connectivity index (χ0v) is 6.94. The normalized spacial score (nSPS) is 9.62. The molecule has 1 aromatic heterocycles. The predicted molar refractivity (Wildman–Crippen MR) is 45.6 cm³/mol. The third-order valence-electron chi connectivity index (χ3n) is 1.53. The molecular weight excluding hydrogens is 172 g/mol. The molecule has 0 aromatic carbocycles. The average molecular weight is 180 g/mol. The first kappa shape index (κ1) is 9.18. The van der Waals surface area contributed by atoms with Crippen molar-refractivity contribution >= 4 is 17.4 Å². The Hall–Kier alpha value is -1.91. The number of nitrogens with two attached hydrogens (primary N) is 1. The Kier molecular flexibility index (Phi) is 2.27. The van der Waals surface area contributed by atoms with Crippen molar-refractivity contribution in [3.63, 3.8) is 0 Å². The van der Waals surface area contributed by atoms with Crippen LogP contribution in [0.5, 0.6) is 0 Å². The summed E-state index contributed by atoms with van der Waals surface area (Å²) < 4.78 is 0. The van der Waals surface area contributed by atoms with Gasteiger partial charge in [0.2, 0.25) is 0 Å². The highest BCUT2D eigenvalue weighted by Gasteiger charge is 2.10. The minimum atomic E-state index is -1.18. The molecule has 0 bridgehead atoms. The van der Waals surface area contributed by atoms with E-state index >= 15 is 0 Å². The highest BCUT2D eigenvalue weighted by molar-refractivity contribution is 6.00. The first-order valence-corrected chi connectivity index (χ1v) is 3.52. The van der Waals surface area contributed by atoms with E-state index in [1.54, 1.807) is 0 Å². The molecule has 0 atom stereocenters. The number of nitrogens with zero attached hydrogens (tertiary/aromatic N) is 1. The topological polar surface area (TPSA) is 93.3 Å². The third-order valence-corrected chi connectivity index (χ3v) is 1.53. The van der Waals surface area contributed by atoms with Gasteiger partial charge in [-0.05, 0) is 13.0 Å². The Bertz CT molecular complexity index is 374. The van der Waals surface area contributed by atoms with E-state index in [0.29, 0.717) is 0 Å². The molecule has 3 N–H and O–H groups in total. The van der Waals surface area contributed by atoms with E-state index in [2.05, 4.69) is 4.98 Å². The summed E-state index contributed by atoms with van der Waals surface area (Å²) in [5, 5.41) is 8.57. The van der Waals surface area contributed by atoms with Crippen molar-refractivity contribution in [3.05, 3.63) is 23.5 Å². The van der Waals surface area contributed by atoms with Crippen LogP contribution in [-0.2, 0) is 0 Å². The number of carbonyl (C=O) groups excluding carboxylic acids is 1. The van der Waals surface area contributed by atoms with Crippen molar-refractivity contribution in [2.24, 2.45) is 0 Å². The standard InChI is InChI=1S/C8H8N2O3/c1-4(11)5-2-7(8(12)13)10-3-6(5)9/h2-3H,9H2,1H3,(H,12,13). The summed E-state index contributed by atoms with van der Waals surface area (Å²) in [5.41, 5.74) is 5.61. The van der Waals surface area contributed by atoms with E-state index in [9.17, 15) is 9.59 Å². The number of hydrogen-bond acceptors (Lipinski definition) is 4. The second-order valence-electron chi connectivity index (χ2n) is 2.52. The maximum Gasteiger partial charge on any atom is 0.354 e. The zero-order chi connectivity index (χ0) is 10.0. The SMILES string of the molecule is CC(=O)c1cc(C(=O)O)ncc1N. The number of Topliss-reactive ketones (excluding diaryl/α,β-unsaturated/α-hetero) is 1. The van der Waals surface area contributed by atoms with E-state index < -0.39 is 5.97 Å². The summed E-state index contributed by atoms with van der Waals surface area (Å²) in [4.78, 5) is 25.0. The number of carboxylic acids is 1. The molecule has 5 heteroatoms. The maximum atomic E-state index is 10.9. The highest BCUT2D eigenvalue weighted by atomic mass is 16.4. The lowest BCUT2D eigenvalue weighted by atomic mass is 10.1. The van der Waals surface area contributed by atoms with Crippen LogP contribution in [0.25, 0.3) is 0 Å². The number of aromatic nitrogens is 1. The molecule has 0 aliphatic rings. The number of carbonyl (C=O) groups is 2. The van der Waals surface area contributed by atoms with Gasteiger partial charge in [-0.2, -0.15) is 0 Å². The third kappa shape index (κ3) is 1.81. The maximum absolute atomic E-state index is 10.9. The molecular formula is C8H8N2O3. The van der Waals surface area contributed by atoms with Crippen LogP contribution in [0.4, 0.5) is 5.69 Å². The fourth-order valence-electron chi connectivity index (χ4n) is 0.888. The van der Waals surface area contributed by atoms with E-state index in [0.717, 1.165) is 0 Å². The van der Waals surface area contributed by atoms with Gasteiger partial charge in [-0.25, -0.2) is 9.78 Å². The van der Waals surface area contributed by atoms with E-state index in [4.69, 9.17) is 10.8 Å². The van der Waals surface area contributed by atoms with Gasteiger partial charge in [0.15, 0.2) is 5.78 Å². The fourth-order valence-corrected chi connectivity index (χ4v) is 0.888. The molecule has 0 aliphatic carbocycles. The van der Waals surface area contributed by atoms with Crippen LogP contribution in [0, 0.1) is 0 Å². The van der Waals surface area contributed by atoms with Gasteiger partial charge >= 0.3 is 5.97 Å². The van der Waals surface area contributed by atoms with Crippen molar-refractivity contribution in [3.8, 4) is 0 Å². The Morgan fingerprint density at radius 1 is 1.54 bits per heavy atom. The summed E-state index contributed by atoms with van der Waals surface area (Å²) in [5.74, 6) is -1.45. The summed E-state index contributed by atoms with van der Waals surface area (Å²) in [6.07, 6.45) is 1.17. The Balaban J connectivity index is 3.27. The van der Waals surface area contributed by atoms with Crippen molar-refractivity contribution < 1.29 is 14.7 Å². The molecule has 0 amide bonds. The van der Waals surface area contributed by atoms with Gasteiger partial charge in [0.25, 0.3) is 0 Å². The average Bonchev–Trinajstić information content (AvgIpc) is 2.04. The second kappa shape index (κ2) is 3.22. The Morgan fingerprint density at radius 2 is 2.15 bits per heavy atom. The molecule has 1 heterocycles. The van der Waals surface area contributed by atoms with Crippen LogP contribution >= 0.6 is 0 Å². The molecule has 5 nitrogen and oxygen atoms in total. The van der Waals surface area contributed by atoms with Gasteiger partial charge < -0.3 is 10.8 Å². The molecule has 0 saturated carbocycles. The lowest BCUT2D eigenvalue weighted by Gasteiger charge is -2.01. The number of carboxylic acid groups (broad SMARTS) is 1. The molecule has 0 saturated heterocycles. The molecule has 13 heavy (non-hydrogen) atoms. The first-order chi connectivity index (χ1) is 6.02. The Labute approximate surface area is 74.2 Å². The van der Waals surface area contributed by atoms with Crippen molar-refractivity contribution in [2.45, 2.75) is 6.92 Å². The molecule has 0 unspecified atom stereocenters. The summed E-state index contributed by atoms with van der Waals surface area (Å²) in [7, 11) is 0. The number of hydrogen-bond donors (Lipinski definition) is 2. The molecule has 1 rings (SSSR count). The minimum Gasteiger partial charge on any atom is -0.477 e. The lowest BCUT2D eigenvalue weighted by molar-refractivity contribution is 0.0690. The fraction of sp³-hybridized carbons (Fsp3) is 0.125. The van der Waals surface area contributed by atoms with Crippen molar-refractivity contribution in [2.75, 3.05) is 5.73 Å². The number of pyridine rings is 1. The van der Waals surface area contributed by atoms with Gasteiger partial charge in [-0.1, -0.05) is 0 Å². The lowest BCUT2D eigenvalue weighted by Crippen LogP contribution is -2.06. The van der Waals surface area contributed by atoms with Gasteiger partial charge in [0.05, 0.1) is 11.9 Å². The smallest absolute Gasteiger partial charge is 0.354 e. The molecule has 0 aliphatic heterocycles. The monoisotopic (exact) mass is 180 g/mol. The summed E-state index contributed by atoms with van der Waals surface area (Å²) in [6, 6.07) is 1.17. The largest absolute Gasteiger partial charge is 0.477 e. The molecule has 0 fully saturated rings. The number of ketones is 1. The first-order valence-electron chi connectivity index (χ1n) is 3.52. The van der Waals surface area contributed by atoms with Gasteiger partial charge in [0.1, 0.15) is 5.69 Å². The van der Waals surface area contributed by atoms with Crippen LogP contribution in [-0.4, -0.2) is 21.8 Å². The number of nitrogen functional groups attached to an aromatic ring is 1. The van der Waals surface area contributed by atoms with Crippen LogP contribution in [0.3, 0.4) is 0 Å². The predicted octanol–water partition coefficient (Wildman–Crippen LogP) is 0.565. The molecule has 68 valence electrons. The van der Waals surface area contributed by atoms with Crippen molar-refractivity contribution in [1.29, 1.82) is 0 Å². The van der Waals surface area contributed by atoms with Gasteiger partial charge in [-0.3, -0.25) is 4.79 Å². The number of aromatic carboxylic acids is 1. The summed E-state index contributed by atoms with van der Waals surface area (Å²) >= 11 is 0. The van der Waals surface area contributed by atoms with Gasteiger partial charge in [0, 0.05) is 5.56 Å². The van der Waals surface area contributed by atoms with Crippen molar-refractivity contribution in [1.82, 2.24) is 4.98 Å². The molecule has 0 spiro atoms. The van der Waals surface area contributed by atoms with Gasteiger partial charge in [-0.15, -0.1) is 0 Å². The summed E-state index contributed by atoms with van der Waals surface area (Å²) in [6.45, 7) is 1.32. The second-order valence-corrected chi connectivity index (χ2v) is 2.52. The van der Waals surface area contributed by atoms with E-state index in [1.165, 1.54) is 19.2 Å². The molecule has 1 aromatic rings. The van der Waals surface area contributed by atoms with Crippen LogP contribution < -0.4 is 5.73 Å². The van der Waals surface area contributed by atoms with Crippen LogP contribution in [0.2, 0.25) is 0 Å². The quantitative estimate of drug-likeness (QED) is 0.648. The zero-order valence-electron chi connectivity index (χ0n) is 6.94.